The van der Waals surface area contributed by atoms with Gasteiger partial charge < -0.3 is 10.5 Å². The second-order valence-corrected chi connectivity index (χ2v) is 6.17. The molecule has 1 aromatic rings. The molecule has 0 radical (unpaired) electrons. The predicted octanol–water partition coefficient (Wildman–Crippen LogP) is 2.19. The van der Waals surface area contributed by atoms with Crippen molar-refractivity contribution in [3.8, 4) is 0 Å². The zero-order valence-electron chi connectivity index (χ0n) is 12.6. The van der Waals surface area contributed by atoms with Gasteiger partial charge in [-0.15, -0.1) is 0 Å². The lowest BCUT2D eigenvalue weighted by atomic mass is 9.89. The van der Waals surface area contributed by atoms with Crippen LogP contribution in [0.25, 0.3) is 0 Å². The molecule has 0 aromatic heterocycles. The van der Waals surface area contributed by atoms with Crippen LogP contribution in [0.2, 0.25) is 0 Å². The van der Waals surface area contributed by atoms with Crippen LogP contribution in [0.1, 0.15) is 26.3 Å². The van der Waals surface area contributed by atoms with E-state index in [-0.39, 0.29) is 23.6 Å². The lowest BCUT2D eigenvalue weighted by Gasteiger charge is -2.46. The number of rotatable bonds is 4. The van der Waals surface area contributed by atoms with Crippen LogP contribution in [0.5, 0.6) is 0 Å². The van der Waals surface area contributed by atoms with Gasteiger partial charge in [-0.2, -0.15) is 0 Å². The summed E-state index contributed by atoms with van der Waals surface area (Å²) in [6.45, 7) is 8.61. The molecule has 112 valence electrons. The van der Waals surface area contributed by atoms with Gasteiger partial charge in [-0.05, 0) is 44.9 Å². The molecular weight excluding hydrogens is 255 g/mol. The van der Waals surface area contributed by atoms with Gasteiger partial charge in [-0.25, -0.2) is 4.39 Å². The fourth-order valence-electron chi connectivity index (χ4n) is 3.02. The molecule has 1 aromatic carbocycles. The lowest BCUT2D eigenvalue weighted by molar-refractivity contribution is -0.0972. The van der Waals surface area contributed by atoms with Crippen LogP contribution in [-0.4, -0.2) is 42.3 Å². The van der Waals surface area contributed by atoms with E-state index in [9.17, 15) is 4.39 Å². The first-order valence-electron chi connectivity index (χ1n) is 7.28. The SMILES string of the molecule is CC1CN(C(C)(CN)Cc2cccc(F)c2)CC(C)O1. The quantitative estimate of drug-likeness (QED) is 0.919. The zero-order valence-corrected chi connectivity index (χ0v) is 12.6. The van der Waals surface area contributed by atoms with Gasteiger partial charge in [-0.3, -0.25) is 4.90 Å². The Bertz CT molecular complexity index is 444. The molecule has 2 N–H and O–H groups in total. The fourth-order valence-corrected chi connectivity index (χ4v) is 3.02. The highest BCUT2D eigenvalue weighted by Gasteiger charge is 2.35. The van der Waals surface area contributed by atoms with Crippen molar-refractivity contribution in [3.63, 3.8) is 0 Å². The average molecular weight is 280 g/mol. The summed E-state index contributed by atoms with van der Waals surface area (Å²) >= 11 is 0. The average Bonchev–Trinajstić information content (AvgIpc) is 2.37. The molecule has 20 heavy (non-hydrogen) atoms. The second-order valence-electron chi connectivity index (χ2n) is 6.17. The first-order chi connectivity index (χ1) is 9.43. The van der Waals surface area contributed by atoms with Crippen molar-refractivity contribution >= 4 is 0 Å². The second kappa shape index (κ2) is 6.20. The van der Waals surface area contributed by atoms with Crippen molar-refractivity contribution in [2.45, 2.75) is 44.9 Å². The van der Waals surface area contributed by atoms with Crippen molar-refractivity contribution in [1.29, 1.82) is 0 Å². The Hall–Kier alpha value is -0.970. The number of nitrogens with zero attached hydrogens (tertiary/aromatic N) is 1. The predicted molar refractivity (Wildman–Crippen MR) is 79.1 cm³/mol. The molecule has 0 saturated carbocycles. The zero-order chi connectivity index (χ0) is 14.8. The van der Waals surface area contributed by atoms with Crippen LogP contribution in [0.4, 0.5) is 4.39 Å². The van der Waals surface area contributed by atoms with E-state index in [1.165, 1.54) is 6.07 Å². The maximum atomic E-state index is 13.3. The molecule has 3 nitrogen and oxygen atoms in total. The van der Waals surface area contributed by atoms with Gasteiger partial charge in [0.1, 0.15) is 5.82 Å². The van der Waals surface area contributed by atoms with E-state index in [4.69, 9.17) is 10.5 Å². The number of hydrogen-bond acceptors (Lipinski definition) is 3. The van der Waals surface area contributed by atoms with Crippen molar-refractivity contribution in [2.75, 3.05) is 19.6 Å². The molecule has 1 saturated heterocycles. The Balaban J connectivity index is 2.15. The minimum Gasteiger partial charge on any atom is -0.373 e. The van der Waals surface area contributed by atoms with Crippen LogP contribution in [-0.2, 0) is 11.2 Å². The van der Waals surface area contributed by atoms with Crippen LogP contribution >= 0.6 is 0 Å². The molecule has 2 rings (SSSR count). The number of halogens is 1. The molecule has 1 aliphatic heterocycles. The Morgan fingerprint density at radius 1 is 1.35 bits per heavy atom. The summed E-state index contributed by atoms with van der Waals surface area (Å²) in [5, 5.41) is 0. The maximum absolute atomic E-state index is 13.3. The standard InChI is InChI=1S/C16H25FN2O/c1-12-9-19(10-13(2)20-12)16(3,11-18)8-14-5-4-6-15(17)7-14/h4-7,12-13H,8-11,18H2,1-3H3. The third-order valence-corrected chi connectivity index (χ3v) is 4.10. The smallest absolute Gasteiger partial charge is 0.123 e. The molecule has 1 fully saturated rings. The highest BCUT2D eigenvalue weighted by molar-refractivity contribution is 5.19. The number of ether oxygens (including phenoxy) is 1. The molecule has 0 amide bonds. The number of hydrogen-bond donors (Lipinski definition) is 1. The third-order valence-electron chi connectivity index (χ3n) is 4.10. The summed E-state index contributed by atoms with van der Waals surface area (Å²) in [4.78, 5) is 2.39. The number of morpholine rings is 1. The highest BCUT2D eigenvalue weighted by Crippen LogP contribution is 2.25. The molecular formula is C16H25FN2O. The first-order valence-corrected chi connectivity index (χ1v) is 7.28. The van der Waals surface area contributed by atoms with E-state index in [1.807, 2.05) is 6.07 Å². The Morgan fingerprint density at radius 2 is 2.00 bits per heavy atom. The summed E-state index contributed by atoms with van der Waals surface area (Å²) in [5.74, 6) is -0.189. The number of benzene rings is 1. The van der Waals surface area contributed by atoms with Crippen LogP contribution < -0.4 is 5.73 Å². The minimum atomic E-state index is -0.189. The van der Waals surface area contributed by atoms with Crippen LogP contribution in [0.15, 0.2) is 24.3 Å². The van der Waals surface area contributed by atoms with Crippen molar-refractivity contribution in [1.82, 2.24) is 4.90 Å². The van der Waals surface area contributed by atoms with Gasteiger partial charge in [-0.1, -0.05) is 12.1 Å². The largest absolute Gasteiger partial charge is 0.373 e. The summed E-state index contributed by atoms with van der Waals surface area (Å²) in [6, 6.07) is 6.79. The normalized spacial score (nSPS) is 27.2. The Labute approximate surface area is 120 Å². The molecule has 1 aliphatic rings. The fraction of sp³-hybridized carbons (Fsp3) is 0.625. The Morgan fingerprint density at radius 3 is 2.55 bits per heavy atom. The van der Waals surface area contributed by atoms with Crippen molar-refractivity contribution in [2.24, 2.45) is 5.73 Å². The topological polar surface area (TPSA) is 38.5 Å². The Kier molecular flexibility index (Phi) is 4.78. The molecule has 3 unspecified atom stereocenters. The van der Waals surface area contributed by atoms with E-state index in [2.05, 4.69) is 25.7 Å². The van der Waals surface area contributed by atoms with Gasteiger partial charge >= 0.3 is 0 Å². The van der Waals surface area contributed by atoms with Crippen LogP contribution in [0, 0.1) is 5.82 Å². The van der Waals surface area contributed by atoms with Gasteiger partial charge in [0.05, 0.1) is 12.2 Å². The van der Waals surface area contributed by atoms with E-state index in [1.54, 1.807) is 12.1 Å². The van der Waals surface area contributed by atoms with Crippen molar-refractivity contribution < 1.29 is 9.13 Å². The minimum absolute atomic E-state index is 0.167. The molecule has 3 atom stereocenters. The van der Waals surface area contributed by atoms with Crippen molar-refractivity contribution in [3.05, 3.63) is 35.6 Å². The van der Waals surface area contributed by atoms with E-state index in [0.717, 1.165) is 25.1 Å². The molecule has 1 heterocycles. The lowest BCUT2D eigenvalue weighted by Crippen LogP contribution is -2.60. The third kappa shape index (κ3) is 3.57. The highest BCUT2D eigenvalue weighted by atomic mass is 19.1. The summed E-state index contributed by atoms with van der Waals surface area (Å²) in [6.07, 6.45) is 1.16. The molecule has 4 heteroatoms. The summed E-state index contributed by atoms with van der Waals surface area (Å²) in [7, 11) is 0. The summed E-state index contributed by atoms with van der Waals surface area (Å²) < 4.78 is 19.1. The van der Waals surface area contributed by atoms with E-state index >= 15 is 0 Å². The monoisotopic (exact) mass is 280 g/mol. The van der Waals surface area contributed by atoms with Gasteiger partial charge in [0.15, 0.2) is 0 Å². The maximum Gasteiger partial charge on any atom is 0.123 e. The molecule has 0 spiro atoms. The molecule has 0 bridgehead atoms. The van der Waals surface area contributed by atoms with Crippen LogP contribution in [0.3, 0.4) is 0 Å². The van der Waals surface area contributed by atoms with Gasteiger partial charge in [0, 0.05) is 25.2 Å². The summed E-state index contributed by atoms with van der Waals surface area (Å²) in [5.41, 5.74) is 6.86. The van der Waals surface area contributed by atoms with Gasteiger partial charge in [0.2, 0.25) is 0 Å². The first kappa shape index (κ1) is 15.4. The van der Waals surface area contributed by atoms with Gasteiger partial charge in [0.25, 0.3) is 0 Å². The molecule has 0 aliphatic carbocycles. The number of nitrogens with two attached hydrogens (primary N) is 1. The van der Waals surface area contributed by atoms with E-state index < -0.39 is 0 Å². The van der Waals surface area contributed by atoms with E-state index in [0.29, 0.717) is 6.54 Å².